The number of hydrogen-bond donors (Lipinski definition) is 1. The van der Waals surface area contributed by atoms with E-state index in [1.54, 1.807) is 17.0 Å². The number of esters is 1. The summed E-state index contributed by atoms with van der Waals surface area (Å²) in [5, 5.41) is 1.63. The number of nitrogens with one attached hydrogen (secondary N) is 1. The second-order valence-corrected chi connectivity index (χ2v) is 8.41. The summed E-state index contributed by atoms with van der Waals surface area (Å²) in [6.07, 6.45) is 2.63. The molecule has 0 spiro atoms. The Morgan fingerprint density at radius 2 is 2.00 bits per heavy atom. The van der Waals surface area contributed by atoms with E-state index in [9.17, 15) is 9.59 Å². The van der Waals surface area contributed by atoms with Gasteiger partial charge < -0.3 is 9.72 Å². The molecule has 8 heteroatoms. The summed E-state index contributed by atoms with van der Waals surface area (Å²) in [4.78, 5) is 34.3. The number of halogens is 1. The molecule has 0 unspecified atom stereocenters. The van der Waals surface area contributed by atoms with Crippen LogP contribution in [0.3, 0.4) is 0 Å². The quantitative estimate of drug-likeness (QED) is 0.569. The Hall–Kier alpha value is -2.77. The molecule has 1 fully saturated rings. The highest BCUT2D eigenvalue weighted by Crippen LogP contribution is 2.34. The zero-order valence-electron chi connectivity index (χ0n) is 16.3. The van der Waals surface area contributed by atoms with Crippen LogP contribution in [0.15, 0.2) is 59.7 Å². The predicted molar refractivity (Wildman–Crippen MR) is 120 cm³/mol. The first-order valence-corrected chi connectivity index (χ1v) is 10.8. The number of hydrogen-bond acceptors (Lipinski definition) is 5. The van der Waals surface area contributed by atoms with Crippen molar-refractivity contribution in [3.63, 3.8) is 0 Å². The monoisotopic (exact) mass is 441 g/mol. The Bertz CT molecular complexity index is 1130. The van der Waals surface area contributed by atoms with E-state index in [2.05, 4.69) is 16.0 Å². The third-order valence-corrected chi connectivity index (χ3v) is 6.44. The summed E-state index contributed by atoms with van der Waals surface area (Å²) < 4.78 is 4.75. The lowest BCUT2D eigenvalue weighted by Crippen LogP contribution is -2.34. The molecule has 1 saturated heterocycles. The lowest BCUT2D eigenvalue weighted by Gasteiger charge is -2.16. The largest absolute Gasteiger partial charge is 0.469 e. The number of methoxy groups -OCH3 is 1. The average molecular weight is 442 g/mol. The minimum absolute atomic E-state index is 0.00509. The van der Waals surface area contributed by atoms with E-state index in [4.69, 9.17) is 16.3 Å². The number of amidine groups is 1. The van der Waals surface area contributed by atoms with Crippen LogP contribution in [0.2, 0.25) is 5.02 Å². The van der Waals surface area contributed by atoms with E-state index >= 15 is 0 Å². The van der Waals surface area contributed by atoms with Crippen LogP contribution in [0.4, 0.5) is 5.69 Å². The van der Waals surface area contributed by atoms with Gasteiger partial charge >= 0.3 is 5.97 Å². The van der Waals surface area contributed by atoms with E-state index in [-0.39, 0.29) is 12.3 Å². The first-order chi connectivity index (χ1) is 14.6. The van der Waals surface area contributed by atoms with Crippen LogP contribution in [0.1, 0.15) is 12.0 Å². The van der Waals surface area contributed by atoms with Crippen molar-refractivity contribution >= 4 is 57.0 Å². The third-order valence-electron chi connectivity index (χ3n) is 4.95. The van der Waals surface area contributed by atoms with Gasteiger partial charge in [-0.15, -0.1) is 0 Å². The minimum Gasteiger partial charge on any atom is -0.469 e. The number of carbonyl (C=O) groups is 2. The Morgan fingerprint density at radius 1 is 1.23 bits per heavy atom. The highest BCUT2D eigenvalue weighted by molar-refractivity contribution is 8.15. The van der Waals surface area contributed by atoms with Gasteiger partial charge in [-0.1, -0.05) is 53.7 Å². The number of rotatable bonds is 6. The zero-order valence-corrected chi connectivity index (χ0v) is 17.9. The zero-order chi connectivity index (χ0) is 21.1. The van der Waals surface area contributed by atoms with Gasteiger partial charge in [0.2, 0.25) is 5.91 Å². The van der Waals surface area contributed by atoms with Crippen molar-refractivity contribution in [3.8, 4) is 0 Å². The molecular weight excluding hydrogens is 422 g/mol. The van der Waals surface area contributed by atoms with Crippen LogP contribution in [-0.4, -0.2) is 45.8 Å². The molecule has 2 aromatic carbocycles. The topological polar surface area (TPSA) is 74.8 Å². The van der Waals surface area contributed by atoms with Crippen LogP contribution in [-0.2, 0) is 20.7 Å². The molecule has 1 atom stereocenters. The van der Waals surface area contributed by atoms with E-state index in [1.165, 1.54) is 18.9 Å². The van der Waals surface area contributed by atoms with Gasteiger partial charge in [0.25, 0.3) is 0 Å². The number of aliphatic imine (C=N–C) groups is 1. The van der Waals surface area contributed by atoms with Crippen molar-refractivity contribution in [2.24, 2.45) is 4.99 Å². The highest BCUT2D eigenvalue weighted by Gasteiger charge is 2.39. The molecule has 1 amide bonds. The molecule has 0 bridgehead atoms. The highest BCUT2D eigenvalue weighted by atomic mass is 35.5. The maximum Gasteiger partial charge on any atom is 0.307 e. The van der Waals surface area contributed by atoms with E-state index in [0.29, 0.717) is 28.8 Å². The summed E-state index contributed by atoms with van der Waals surface area (Å²) in [7, 11) is 1.32. The SMILES string of the molecule is COC(=O)C[C@@H]1SC(=Nc2ccccc2Cl)N(CCc2c[nH]c3ccccc23)C1=O. The maximum absolute atomic E-state index is 13.0. The predicted octanol–water partition coefficient (Wildman–Crippen LogP) is 4.56. The van der Waals surface area contributed by atoms with Crippen molar-refractivity contribution in [1.82, 2.24) is 9.88 Å². The molecular formula is C22H20ClN3O3S. The molecule has 1 aliphatic rings. The van der Waals surface area contributed by atoms with Gasteiger partial charge in [0.15, 0.2) is 5.17 Å². The summed E-state index contributed by atoms with van der Waals surface area (Å²) >= 11 is 7.53. The molecule has 2 heterocycles. The molecule has 3 aromatic rings. The van der Waals surface area contributed by atoms with Crippen molar-refractivity contribution < 1.29 is 14.3 Å². The average Bonchev–Trinajstić information content (AvgIpc) is 3.29. The second-order valence-electron chi connectivity index (χ2n) is 6.83. The smallest absolute Gasteiger partial charge is 0.307 e. The lowest BCUT2D eigenvalue weighted by molar-refractivity contribution is -0.142. The van der Waals surface area contributed by atoms with Gasteiger partial charge in [-0.05, 0) is 30.2 Å². The van der Waals surface area contributed by atoms with Crippen LogP contribution in [0, 0.1) is 0 Å². The standard InChI is InChI=1S/C22H20ClN3O3S/c1-29-20(27)12-19-21(28)26(22(30-19)25-18-9-5-3-7-16(18)23)11-10-14-13-24-17-8-4-2-6-15(14)17/h2-9,13,19,24H,10-12H2,1H3/t19-/m0/s1. The number of ether oxygens (including phenoxy) is 1. The van der Waals surface area contributed by atoms with Crippen LogP contribution in [0.25, 0.3) is 10.9 Å². The van der Waals surface area contributed by atoms with E-state index in [0.717, 1.165) is 16.5 Å². The van der Waals surface area contributed by atoms with Crippen LogP contribution >= 0.6 is 23.4 Å². The number of para-hydroxylation sites is 2. The van der Waals surface area contributed by atoms with Crippen LogP contribution in [0.5, 0.6) is 0 Å². The molecule has 1 aromatic heterocycles. The Kier molecular flexibility index (Phi) is 6.11. The number of thioether (sulfide) groups is 1. The van der Waals surface area contributed by atoms with Crippen molar-refractivity contribution in [2.45, 2.75) is 18.1 Å². The minimum atomic E-state index is -0.554. The lowest BCUT2D eigenvalue weighted by atomic mass is 10.1. The fourth-order valence-electron chi connectivity index (χ4n) is 3.38. The molecule has 0 radical (unpaired) electrons. The number of carbonyl (C=O) groups excluding carboxylic acids is 2. The number of amides is 1. The van der Waals surface area contributed by atoms with Gasteiger partial charge in [0.1, 0.15) is 5.25 Å². The number of benzene rings is 2. The normalized spacial score (nSPS) is 17.8. The third kappa shape index (κ3) is 4.22. The fourth-order valence-corrected chi connectivity index (χ4v) is 4.72. The van der Waals surface area contributed by atoms with Gasteiger partial charge in [-0.2, -0.15) is 0 Å². The molecule has 1 aliphatic heterocycles. The van der Waals surface area contributed by atoms with Gasteiger partial charge in [-0.3, -0.25) is 14.5 Å². The number of fused-ring (bicyclic) bond motifs is 1. The van der Waals surface area contributed by atoms with Gasteiger partial charge in [0, 0.05) is 23.6 Å². The molecule has 6 nitrogen and oxygen atoms in total. The number of aromatic amines is 1. The van der Waals surface area contributed by atoms with E-state index < -0.39 is 11.2 Å². The molecule has 0 aliphatic carbocycles. The van der Waals surface area contributed by atoms with E-state index in [1.807, 2.05) is 36.5 Å². The fraction of sp³-hybridized carbons (Fsp3) is 0.227. The number of aromatic nitrogens is 1. The molecule has 30 heavy (non-hydrogen) atoms. The number of H-pyrrole nitrogens is 1. The number of nitrogens with zero attached hydrogens (tertiary/aromatic N) is 2. The van der Waals surface area contributed by atoms with Crippen molar-refractivity contribution in [2.75, 3.05) is 13.7 Å². The summed E-state index contributed by atoms with van der Waals surface area (Å²) in [5.74, 6) is -0.563. The van der Waals surface area contributed by atoms with Crippen LogP contribution < -0.4 is 0 Å². The summed E-state index contributed by atoms with van der Waals surface area (Å²) in [6, 6.07) is 15.3. The summed E-state index contributed by atoms with van der Waals surface area (Å²) in [5.41, 5.74) is 2.77. The second kappa shape index (κ2) is 8.93. The Balaban J connectivity index is 1.60. The molecule has 0 saturated carbocycles. The Morgan fingerprint density at radius 3 is 2.80 bits per heavy atom. The van der Waals surface area contributed by atoms with Crippen molar-refractivity contribution in [1.29, 1.82) is 0 Å². The first-order valence-electron chi connectivity index (χ1n) is 9.50. The van der Waals surface area contributed by atoms with Gasteiger partial charge in [-0.25, -0.2) is 4.99 Å². The Labute approximate surface area is 183 Å². The first kappa shape index (κ1) is 20.5. The van der Waals surface area contributed by atoms with Gasteiger partial charge in [0.05, 0.1) is 24.2 Å². The molecule has 1 N–H and O–H groups in total. The molecule has 4 rings (SSSR count). The molecule has 154 valence electrons. The van der Waals surface area contributed by atoms with Crippen molar-refractivity contribution in [3.05, 3.63) is 65.3 Å². The maximum atomic E-state index is 13.0. The summed E-state index contributed by atoms with van der Waals surface area (Å²) in [6.45, 7) is 0.453.